The number of fused-ring (bicyclic) bond motifs is 1. The number of benzene rings is 3. The number of carbonyl (C=O) groups excluding carboxylic acids is 1. The van der Waals surface area contributed by atoms with Gasteiger partial charge in [-0.2, -0.15) is 0 Å². The molecule has 0 aliphatic heterocycles. The van der Waals surface area contributed by atoms with Crippen LogP contribution in [0.15, 0.2) is 72.4 Å². The monoisotopic (exact) mass is 565 g/mol. The number of methoxy groups -OCH3 is 2. The van der Waals surface area contributed by atoms with Crippen LogP contribution in [0.3, 0.4) is 0 Å². The second-order valence-corrected chi connectivity index (χ2v) is 11.2. The molecule has 0 saturated heterocycles. The Balaban J connectivity index is 1.25. The Bertz CT molecular complexity index is 1720. The zero-order chi connectivity index (χ0) is 28.3. The highest BCUT2D eigenvalue weighted by molar-refractivity contribution is 7.09. The maximum Gasteiger partial charge on any atom is 0.273 e. The van der Waals surface area contributed by atoms with Gasteiger partial charge >= 0.3 is 0 Å². The van der Waals surface area contributed by atoms with Crippen molar-refractivity contribution in [1.29, 1.82) is 0 Å². The van der Waals surface area contributed by atoms with Crippen molar-refractivity contribution in [1.82, 2.24) is 19.9 Å². The highest BCUT2D eigenvalue weighted by atomic mass is 32.1. The summed E-state index contributed by atoms with van der Waals surface area (Å²) in [4.78, 5) is 28.7. The molecule has 0 atom stereocenters. The van der Waals surface area contributed by atoms with E-state index in [0.717, 1.165) is 68.3 Å². The Morgan fingerprint density at radius 3 is 2.63 bits per heavy atom. The minimum Gasteiger partial charge on any atom is -0.497 e. The molecule has 6 rings (SSSR count). The van der Waals surface area contributed by atoms with Crippen LogP contribution in [0, 0.1) is 6.92 Å². The van der Waals surface area contributed by atoms with Gasteiger partial charge in [-0.15, -0.1) is 11.3 Å². The number of aromatic nitrogens is 3. The highest BCUT2D eigenvalue weighted by Gasteiger charge is 2.34. The lowest BCUT2D eigenvalue weighted by Gasteiger charge is -2.22. The molecule has 41 heavy (non-hydrogen) atoms. The van der Waals surface area contributed by atoms with Crippen molar-refractivity contribution in [3.05, 3.63) is 94.2 Å². The molecule has 1 aliphatic rings. The van der Waals surface area contributed by atoms with E-state index in [1.54, 1.807) is 20.5 Å². The second kappa shape index (κ2) is 11.5. The second-order valence-electron chi connectivity index (χ2n) is 10.1. The number of aryl methyl sites for hydroxylation is 1. The van der Waals surface area contributed by atoms with Crippen LogP contribution in [0.2, 0.25) is 0 Å². The average Bonchev–Trinajstić information content (AvgIpc) is 3.77. The summed E-state index contributed by atoms with van der Waals surface area (Å²) in [7, 11) is 3.29. The topological polar surface area (TPSA) is 89.5 Å². The lowest BCUT2D eigenvalue weighted by atomic mass is 10.0. The van der Waals surface area contributed by atoms with Gasteiger partial charge < -0.3 is 19.7 Å². The quantitative estimate of drug-likeness (QED) is 0.207. The van der Waals surface area contributed by atoms with E-state index < -0.39 is 0 Å². The summed E-state index contributed by atoms with van der Waals surface area (Å²) >= 11 is 1.51. The van der Waals surface area contributed by atoms with Crippen LogP contribution in [0.5, 0.6) is 11.5 Å². The molecule has 1 fully saturated rings. The number of ether oxygens (including phenoxy) is 2. The van der Waals surface area contributed by atoms with Gasteiger partial charge in [0.15, 0.2) is 0 Å². The first-order valence-corrected chi connectivity index (χ1v) is 14.4. The Labute approximate surface area is 243 Å². The number of thiazole rings is 1. The number of hydrogen-bond donors (Lipinski definition) is 1. The molecule has 0 unspecified atom stereocenters. The van der Waals surface area contributed by atoms with Gasteiger partial charge in [0.2, 0.25) is 0 Å². The minimum absolute atomic E-state index is 0.00862. The van der Waals surface area contributed by atoms with Gasteiger partial charge in [0.25, 0.3) is 5.91 Å². The molecule has 1 saturated carbocycles. The van der Waals surface area contributed by atoms with E-state index in [-0.39, 0.29) is 11.9 Å². The molecule has 1 aliphatic carbocycles. The summed E-state index contributed by atoms with van der Waals surface area (Å²) in [6.07, 6.45) is 3.65. The number of hydrogen-bond acceptors (Lipinski definition) is 8. The average molecular weight is 566 g/mol. The molecule has 0 radical (unpaired) electrons. The van der Waals surface area contributed by atoms with E-state index in [1.165, 1.54) is 11.3 Å². The molecule has 5 aromatic rings. The van der Waals surface area contributed by atoms with E-state index in [1.807, 2.05) is 47.5 Å². The van der Waals surface area contributed by atoms with Crippen molar-refractivity contribution in [3.63, 3.8) is 0 Å². The van der Waals surface area contributed by atoms with E-state index in [2.05, 4.69) is 50.6 Å². The van der Waals surface area contributed by atoms with Gasteiger partial charge in [0, 0.05) is 41.5 Å². The Kier molecular flexibility index (Phi) is 7.52. The molecule has 208 valence electrons. The SMILES string of the molecule is COc1ccc(CNc2ncnc3ccc(-c4cccc(CN(C(=O)c5csc(C)n5)C5CC5)c4)cc23)c(OC)c1. The third-order valence-electron chi connectivity index (χ3n) is 7.28. The lowest BCUT2D eigenvalue weighted by molar-refractivity contribution is 0.0724. The van der Waals surface area contributed by atoms with Gasteiger partial charge in [0.05, 0.1) is 24.7 Å². The van der Waals surface area contributed by atoms with Gasteiger partial charge in [0.1, 0.15) is 29.3 Å². The van der Waals surface area contributed by atoms with Crippen LogP contribution >= 0.6 is 11.3 Å². The van der Waals surface area contributed by atoms with Crippen molar-refractivity contribution >= 4 is 34.0 Å². The molecular weight excluding hydrogens is 534 g/mol. The van der Waals surface area contributed by atoms with Crippen LogP contribution in [0.25, 0.3) is 22.0 Å². The summed E-state index contributed by atoms with van der Waals surface area (Å²) < 4.78 is 10.9. The first kappa shape index (κ1) is 26.7. The Morgan fingerprint density at radius 1 is 1.02 bits per heavy atom. The fraction of sp³-hybridized carbons (Fsp3) is 0.250. The number of amides is 1. The molecule has 2 heterocycles. The zero-order valence-electron chi connectivity index (χ0n) is 23.3. The van der Waals surface area contributed by atoms with Crippen molar-refractivity contribution < 1.29 is 14.3 Å². The third-order valence-corrected chi connectivity index (χ3v) is 8.05. The molecule has 9 heteroatoms. The molecule has 0 bridgehead atoms. The number of rotatable bonds is 10. The predicted molar refractivity (Wildman–Crippen MR) is 162 cm³/mol. The molecule has 8 nitrogen and oxygen atoms in total. The summed E-state index contributed by atoms with van der Waals surface area (Å²) in [6.45, 7) is 3.02. The van der Waals surface area contributed by atoms with Gasteiger partial charge in [-0.1, -0.05) is 24.3 Å². The molecule has 1 N–H and O–H groups in total. The first-order valence-electron chi connectivity index (χ1n) is 13.5. The summed E-state index contributed by atoms with van der Waals surface area (Å²) in [5, 5.41) is 7.15. The molecule has 3 aromatic carbocycles. The van der Waals surface area contributed by atoms with Crippen LogP contribution in [0.1, 0.15) is 39.5 Å². The van der Waals surface area contributed by atoms with Gasteiger partial charge in [-0.25, -0.2) is 15.0 Å². The van der Waals surface area contributed by atoms with Crippen LogP contribution in [-0.4, -0.2) is 46.0 Å². The van der Waals surface area contributed by atoms with Crippen molar-refractivity contribution in [2.45, 2.75) is 38.9 Å². The van der Waals surface area contributed by atoms with Gasteiger partial charge in [-0.3, -0.25) is 4.79 Å². The van der Waals surface area contributed by atoms with Crippen LogP contribution in [0.4, 0.5) is 5.82 Å². The number of anilines is 1. The fourth-order valence-corrected chi connectivity index (χ4v) is 5.55. The standard InChI is InChI=1S/C32H31N5O3S/c1-20-36-29(18-41-20)32(38)37(25-9-10-25)17-21-5-4-6-22(13-21)23-8-12-28-27(14-23)31(35-19-34-28)33-16-24-7-11-26(39-2)15-30(24)40-3/h4-8,11-15,18-19,25H,9-10,16-17H2,1-3H3,(H,33,34,35). The maximum atomic E-state index is 13.3. The van der Waals surface area contributed by atoms with Crippen LogP contribution in [-0.2, 0) is 13.1 Å². The van der Waals surface area contributed by atoms with Crippen LogP contribution < -0.4 is 14.8 Å². The largest absolute Gasteiger partial charge is 0.497 e. The summed E-state index contributed by atoms with van der Waals surface area (Å²) in [5.74, 6) is 2.24. The molecular formula is C32H31N5O3S. The van der Waals surface area contributed by atoms with Gasteiger partial charge in [-0.05, 0) is 66.8 Å². The summed E-state index contributed by atoms with van der Waals surface area (Å²) in [5.41, 5.74) is 5.60. The Hall–Kier alpha value is -4.50. The third kappa shape index (κ3) is 5.85. The zero-order valence-corrected chi connectivity index (χ0v) is 24.1. The van der Waals surface area contributed by atoms with E-state index >= 15 is 0 Å². The number of carbonyl (C=O) groups is 1. The number of nitrogens with zero attached hydrogens (tertiary/aromatic N) is 4. The summed E-state index contributed by atoms with van der Waals surface area (Å²) in [6, 6.07) is 20.6. The predicted octanol–water partition coefficient (Wildman–Crippen LogP) is 6.50. The molecule has 1 amide bonds. The van der Waals surface area contributed by atoms with E-state index in [0.29, 0.717) is 18.8 Å². The molecule has 2 aromatic heterocycles. The maximum absolute atomic E-state index is 13.3. The van der Waals surface area contributed by atoms with E-state index in [9.17, 15) is 4.79 Å². The van der Waals surface area contributed by atoms with E-state index in [4.69, 9.17) is 9.47 Å². The lowest BCUT2D eigenvalue weighted by Crippen LogP contribution is -2.32. The minimum atomic E-state index is 0.00862. The van der Waals surface area contributed by atoms with Crippen molar-refractivity contribution in [2.75, 3.05) is 19.5 Å². The normalized spacial score (nSPS) is 12.8. The highest BCUT2D eigenvalue weighted by Crippen LogP contribution is 2.32. The Morgan fingerprint density at radius 2 is 1.88 bits per heavy atom. The first-order chi connectivity index (χ1) is 20.0. The molecule has 0 spiro atoms. The van der Waals surface area contributed by atoms with Crippen molar-refractivity contribution in [3.8, 4) is 22.6 Å². The fourth-order valence-electron chi connectivity index (χ4n) is 4.96. The number of nitrogens with one attached hydrogen (secondary N) is 1. The smallest absolute Gasteiger partial charge is 0.273 e. The van der Waals surface area contributed by atoms with Crippen molar-refractivity contribution in [2.24, 2.45) is 0 Å².